The molecule has 67 heavy (non-hydrogen) atoms. The maximum Gasteiger partial charge on any atom is 0.309 e. The Bertz CT molecular complexity index is 2250. The van der Waals surface area contributed by atoms with Crippen molar-refractivity contribution in [1.82, 2.24) is 5.32 Å². The largest absolute Gasteiger partial charge is 0.462 e. The van der Waals surface area contributed by atoms with Crippen molar-refractivity contribution < 1.29 is 33.4 Å². The highest BCUT2D eigenvalue weighted by Gasteiger charge is 2.72. The van der Waals surface area contributed by atoms with Gasteiger partial charge in [-0.15, -0.1) is 0 Å². The van der Waals surface area contributed by atoms with Crippen molar-refractivity contribution in [3.8, 4) is 0 Å². The van der Waals surface area contributed by atoms with Crippen LogP contribution >= 0.6 is 0 Å². The molecule has 0 heterocycles. The van der Waals surface area contributed by atoms with Crippen LogP contribution in [0, 0.1) is 85.2 Å². The van der Waals surface area contributed by atoms with Crippen LogP contribution in [0.1, 0.15) is 157 Å². The highest BCUT2D eigenvalue weighted by Crippen LogP contribution is 2.78. The summed E-state index contributed by atoms with van der Waals surface area (Å²) in [6.45, 7) is 28.1. The molecular formula is C59H81NO7. The van der Waals surface area contributed by atoms with E-state index < -0.39 is 16.2 Å². The zero-order valence-electron chi connectivity index (χ0n) is 42.5. The van der Waals surface area contributed by atoms with Crippen LogP contribution in [0.5, 0.6) is 0 Å². The van der Waals surface area contributed by atoms with Crippen LogP contribution in [-0.4, -0.2) is 36.0 Å². The predicted molar refractivity (Wildman–Crippen MR) is 261 cm³/mol. The minimum Gasteiger partial charge on any atom is -0.462 e. The molecule has 0 spiro atoms. The first-order chi connectivity index (χ1) is 31.5. The first-order valence-corrected chi connectivity index (χ1v) is 26.1. The Balaban J connectivity index is 0.867. The van der Waals surface area contributed by atoms with Crippen molar-refractivity contribution in [1.29, 1.82) is 0 Å². The third kappa shape index (κ3) is 7.47. The van der Waals surface area contributed by atoms with Gasteiger partial charge in [-0.25, -0.2) is 0 Å². The fraction of sp³-hybridized carbons (Fsp3) is 0.695. The van der Waals surface area contributed by atoms with E-state index in [1.807, 2.05) is 74.5 Å². The van der Waals surface area contributed by atoms with Gasteiger partial charge in [-0.1, -0.05) is 135 Å². The molecule has 1 N–H and O–H groups in total. The molecule has 14 atom stereocenters. The normalized spacial score (nSPS) is 40.7. The van der Waals surface area contributed by atoms with Crippen LogP contribution in [0.3, 0.4) is 0 Å². The van der Waals surface area contributed by atoms with E-state index in [1.54, 1.807) is 0 Å². The molecule has 0 radical (unpaired) electrons. The Kier molecular flexibility index (Phi) is 12.1. The summed E-state index contributed by atoms with van der Waals surface area (Å²) in [5.41, 5.74) is 1.86. The van der Waals surface area contributed by atoms with Gasteiger partial charge in [-0.2, -0.15) is 0 Å². The predicted octanol–water partition coefficient (Wildman–Crippen LogP) is 12.2. The molecule has 0 unspecified atom stereocenters. The molecule has 0 aromatic heterocycles. The Labute approximate surface area is 401 Å². The van der Waals surface area contributed by atoms with Gasteiger partial charge in [0.05, 0.1) is 23.2 Å². The number of carbonyl (C=O) groups excluding carboxylic acids is 4. The first kappa shape index (κ1) is 48.1. The maximum absolute atomic E-state index is 15.1. The third-order valence-electron chi connectivity index (χ3n) is 21.9. The van der Waals surface area contributed by atoms with Crippen molar-refractivity contribution in [2.45, 2.75) is 172 Å². The smallest absolute Gasteiger partial charge is 0.309 e. The molecule has 7 saturated carbocycles. The van der Waals surface area contributed by atoms with Gasteiger partial charge in [0.2, 0.25) is 5.91 Å². The molecular weight excluding hydrogens is 835 g/mol. The molecule has 2 aromatic carbocycles. The second-order valence-corrected chi connectivity index (χ2v) is 25.6. The second kappa shape index (κ2) is 16.9. The van der Waals surface area contributed by atoms with Gasteiger partial charge >= 0.3 is 17.9 Å². The zero-order chi connectivity index (χ0) is 48.1. The molecule has 8 heteroatoms. The Morgan fingerprint density at radius 2 is 1.18 bits per heavy atom. The number of nitrogens with one attached hydrogen (secondary N) is 1. The van der Waals surface area contributed by atoms with Gasteiger partial charge in [0.15, 0.2) is 0 Å². The van der Waals surface area contributed by atoms with E-state index in [0.29, 0.717) is 36.5 Å². The van der Waals surface area contributed by atoms with E-state index >= 15 is 4.79 Å². The molecule has 8 nitrogen and oxygen atoms in total. The van der Waals surface area contributed by atoms with Crippen LogP contribution in [0.15, 0.2) is 72.8 Å². The number of benzene rings is 2. The number of carbonyl (C=O) groups is 4. The molecule has 9 rings (SSSR count). The Morgan fingerprint density at radius 3 is 1.75 bits per heavy atom. The highest BCUT2D eigenvalue weighted by molar-refractivity contribution is 5.85. The minimum atomic E-state index is -0.533. The number of hydrogen-bond acceptors (Lipinski definition) is 7. The van der Waals surface area contributed by atoms with E-state index in [1.165, 1.54) is 5.57 Å². The summed E-state index contributed by atoms with van der Waals surface area (Å²) in [5.74, 6) is 0.650. The van der Waals surface area contributed by atoms with E-state index in [0.717, 1.165) is 75.3 Å². The number of ether oxygens (including phenoxy) is 3. The minimum absolute atomic E-state index is 0.0712. The average Bonchev–Trinajstić information content (AvgIpc) is 3.69. The van der Waals surface area contributed by atoms with Crippen molar-refractivity contribution >= 4 is 23.8 Å². The highest BCUT2D eigenvalue weighted by atomic mass is 16.5. The standard InChI is InChI=1S/C59H81NO7/c1-36(2)39-24-29-59(52(64)60-46-33-43(54(46,5)6)50(62)66-35-38-20-16-13-17-21-38)31-30-57(10)40(48(39)59)22-23-45-56(9)27-26-47(55(7,8)44(56)25-28-58(45,57)11)67-51(63)42-32-41(53(42,3)4)49(61)65-34-37-18-14-12-15-19-37/h12-21,39-48H,1,22-35H2,2-11H3,(H,60,64)/t39-,40+,41-,42+,43+,44-,45+,46+,47-,48+,56-,57+,58+,59-/m0/s1. The molecule has 0 bridgehead atoms. The first-order valence-electron chi connectivity index (χ1n) is 26.1. The lowest BCUT2D eigenvalue weighted by Crippen LogP contribution is -2.68. The summed E-state index contributed by atoms with van der Waals surface area (Å²) >= 11 is 0. The second-order valence-electron chi connectivity index (χ2n) is 25.6. The van der Waals surface area contributed by atoms with Gasteiger partial charge < -0.3 is 19.5 Å². The van der Waals surface area contributed by atoms with E-state index in [2.05, 4.69) is 67.3 Å². The number of allylic oxidation sites excluding steroid dienone is 1. The lowest BCUT2D eigenvalue weighted by atomic mass is 9.32. The molecule has 364 valence electrons. The summed E-state index contributed by atoms with van der Waals surface area (Å²) in [6, 6.07) is 19.5. The lowest BCUT2D eigenvalue weighted by molar-refractivity contribution is -0.251. The molecule has 0 saturated heterocycles. The lowest BCUT2D eigenvalue weighted by Gasteiger charge is -2.73. The van der Waals surface area contributed by atoms with Gasteiger partial charge in [-0.05, 0) is 152 Å². The summed E-state index contributed by atoms with van der Waals surface area (Å²) in [4.78, 5) is 55.8. The Morgan fingerprint density at radius 1 is 0.597 bits per heavy atom. The van der Waals surface area contributed by atoms with Crippen molar-refractivity contribution in [3.63, 3.8) is 0 Å². The van der Waals surface area contributed by atoms with Crippen molar-refractivity contribution in [3.05, 3.63) is 83.9 Å². The molecule has 7 aliphatic rings. The molecule has 7 fully saturated rings. The van der Waals surface area contributed by atoms with Gasteiger partial charge in [0.25, 0.3) is 0 Å². The number of esters is 3. The molecule has 1 amide bonds. The van der Waals surface area contributed by atoms with Crippen molar-refractivity contribution in [2.24, 2.45) is 85.2 Å². The molecule has 7 aliphatic carbocycles. The average molecular weight is 916 g/mol. The number of hydrogen-bond donors (Lipinski definition) is 1. The van der Waals surface area contributed by atoms with E-state index in [9.17, 15) is 14.4 Å². The van der Waals surface area contributed by atoms with E-state index in [-0.39, 0.29) is 94.5 Å². The van der Waals surface area contributed by atoms with Crippen LogP contribution in [0.25, 0.3) is 0 Å². The summed E-state index contributed by atoms with van der Waals surface area (Å²) in [5, 5.41) is 3.60. The third-order valence-corrected chi connectivity index (χ3v) is 21.9. The molecule has 2 aromatic rings. The van der Waals surface area contributed by atoms with Crippen LogP contribution in [0.4, 0.5) is 0 Å². The SMILES string of the molecule is C=C(C)[C@@H]1CC[C@]2(C(=O)N[C@@H]3C[C@H](C(=O)OCc4ccccc4)C3(C)C)CC[C@]3(C)[C@H](CC[C@@H]4[C@@]5(C)CC[C@H](OC(=O)[C@H]6C[C@@H](C(=O)OCc7ccccc7)C6(C)C)C(C)(C)[C@@H]5CC[C@]43C)[C@@H]12. The summed E-state index contributed by atoms with van der Waals surface area (Å²) in [7, 11) is 0. The zero-order valence-corrected chi connectivity index (χ0v) is 42.5. The quantitative estimate of drug-likeness (QED) is 0.136. The fourth-order valence-electron chi connectivity index (χ4n) is 17.2. The van der Waals surface area contributed by atoms with Crippen LogP contribution in [-0.2, 0) is 46.6 Å². The maximum atomic E-state index is 15.1. The number of rotatable bonds is 11. The van der Waals surface area contributed by atoms with Gasteiger partial charge in [0.1, 0.15) is 19.3 Å². The molecule has 0 aliphatic heterocycles. The van der Waals surface area contributed by atoms with Crippen LogP contribution in [0.2, 0.25) is 0 Å². The van der Waals surface area contributed by atoms with Gasteiger partial charge in [-0.3, -0.25) is 19.2 Å². The summed E-state index contributed by atoms with van der Waals surface area (Å²) in [6.07, 6.45) is 11.1. The number of fused-ring (bicyclic) bond motifs is 7. The van der Waals surface area contributed by atoms with Crippen molar-refractivity contribution in [2.75, 3.05) is 0 Å². The monoisotopic (exact) mass is 916 g/mol. The topological polar surface area (TPSA) is 108 Å². The Hall–Kier alpha value is -3.94. The number of amides is 1. The summed E-state index contributed by atoms with van der Waals surface area (Å²) < 4.78 is 18.1. The fourth-order valence-corrected chi connectivity index (χ4v) is 17.2. The van der Waals surface area contributed by atoms with E-state index in [4.69, 9.17) is 14.2 Å². The van der Waals surface area contributed by atoms with Gasteiger partial charge in [0, 0.05) is 11.5 Å². The van der Waals surface area contributed by atoms with Crippen LogP contribution < -0.4 is 5.32 Å².